The number of nitro groups is 1. The topological polar surface area (TPSA) is 99.1 Å². The molecule has 1 unspecified atom stereocenters. The zero-order valence-corrected chi connectivity index (χ0v) is 10.7. The third-order valence-corrected chi connectivity index (χ3v) is 3.97. The Morgan fingerprint density at radius 3 is 2.74 bits per heavy atom. The zero-order chi connectivity index (χ0) is 13.8. The monoisotopic (exact) mass is 277 g/mol. The van der Waals surface area contributed by atoms with Crippen LogP contribution in [0.25, 0.3) is 0 Å². The lowest BCUT2D eigenvalue weighted by Crippen LogP contribution is -2.03. The largest absolute Gasteiger partial charge is 0.396 e. The molecule has 0 radical (unpaired) electrons. The number of rotatable bonds is 4. The molecule has 2 N–H and O–H groups in total. The van der Waals surface area contributed by atoms with Crippen molar-refractivity contribution in [1.82, 2.24) is 4.98 Å². The van der Waals surface area contributed by atoms with Crippen LogP contribution in [0.3, 0.4) is 0 Å². The second-order valence-electron chi connectivity index (χ2n) is 3.79. The summed E-state index contributed by atoms with van der Waals surface area (Å²) in [4.78, 5) is 14.6. The third kappa shape index (κ3) is 2.94. The van der Waals surface area contributed by atoms with E-state index in [2.05, 4.69) is 4.98 Å². The number of anilines is 1. The van der Waals surface area contributed by atoms with Crippen LogP contribution >= 0.6 is 0 Å². The van der Waals surface area contributed by atoms with Crippen LogP contribution in [0.15, 0.2) is 47.6 Å². The molecule has 19 heavy (non-hydrogen) atoms. The van der Waals surface area contributed by atoms with Gasteiger partial charge in [-0.25, -0.2) is 0 Å². The minimum atomic E-state index is -1.44. The van der Waals surface area contributed by atoms with E-state index in [1.807, 2.05) is 0 Å². The molecule has 0 saturated carbocycles. The molecule has 0 fully saturated rings. The van der Waals surface area contributed by atoms with Crippen LogP contribution in [0.5, 0.6) is 0 Å². The number of nitrogens with zero attached hydrogens (tertiary/aromatic N) is 2. The van der Waals surface area contributed by atoms with Gasteiger partial charge in [0, 0.05) is 17.8 Å². The van der Waals surface area contributed by atoms with Crippen molar-refractivity contribution in [3.63, 3.8) is 0 Å². The van der Waals surface area contributed by atoms with Crippen molar-refractivity contribution in [2.45, 2.75) is 10.6 Å². The number of nitrogens with two attached hydrogens (primary N) is 1. The van der Waals surface area contributed by atoms with E-state index in [4.69, 9.17) is 5.73 Å². The van der Waals surface area contributed by atoms with Gasteiger partial charge in [-0.2, -0.15) is 0 Å². The maximum Gasteiger partial charge on any atom is 0.273 e. The zero-order valence-electron chi connectivity index (χ0n) is 9.85. The number of hydrogen-bond donors (Lipinski definition) is 1. The predicted molar refractivity (Wildman–Crippen MR) is 71.9 cm³/mol. The summed E-state index contributed by atoms with van der Waals surface area (Å²) in [7, 11) is -1.44. The number of nitro benzene ring substituents is 1. The smallest absolute Gasteiger partial charge is 0.273 e. The molecule has 98 valence electrons. The molecule has 2 aromatic rings. The first-order valence-electron chi connectivity index (χ1n) is 5.39. The Hall–Kier alpha value is -2.28. The van der Waals surface area contributed by atoms with E-state index in [0.29, 0.717) is 16.1 Å². The summed E-state index contributed by atoms with van der Waals surface area (Å²) in [6.45, 7) is 0. The Bertz CT molecular complexity index is 646. The Kier molecular flexibility index (Phi) is 3.86. The molecule has 6 nitrogen and oxygen atoms in total. The van der Waals surface area contributed by atoms with Crippen molar-refractivity contribution >= 4 is 22.2 Å². The van der Waals surface area contributed by atoms with Crippen molar-refractivity contribution in [3.8, 4) is 0 Å². The molecule has 0 aliphatic rings. The summed E-state index contributed by atoms with van der Waals surface area (Å²) in [6, 6.07) is 7.79. The highest BCUT2D eigenvalue weighted by Crippen LogP contribution is 2.23. The van der Waals surface area contributed by atoms with Gasteiger partial charge in [0.15, 0.2) is 0 Å². The molecule has 1 aromatic carbocycles. The van der Waals surface area contributed by atoms with Crippen LogP contribution in [0.4, 0.5) is 11.4 Å². The molecule has 2 rings (SSSR count). The van der Waals surface area contributed by atoms with Crippen LogP contribution in [-0.2, 0) is 16.6 Å². The van der Waals surface area contributed by atoms with E-state index < -0.39 is 15.7 Å². The quantitative estimate of drug-likeness (QED) is 0.679. The lowest BCUT2D eigenvalue weighted by molar-refractivity contribution is -0.385. The normalized spacial score (nSPS) is 12.0. The fourth-order valence-corrected chi connectivity index (χ4v) is 2.84. The van der Waals surface area contributed by atoms with Crippen molar-refractivity contribution in [2.24, 2.45) is 0 Å². The van der Waals surface area contributed by atoms with Crippen molar-refractivity contribution < 1.29 is 9.13 Å². The molecule has 0 aliphatic heterocycles. The molecule has 7 heteroatoms. The first-order valence-corrected chi connectivity index (χ1v) is 6.71. The van der Waals surface area contributed by atoms with E-state index in [-0.39, 0.29) is 11.4 Å². The van der Waals surface area contributed by atoms with Gasteiger partial charge >= 0.3 is 0 Å². The number of nitrogen functional groups attached to an aromatic ring is 1. The molecule has 0 saturated heterocycles. The standard InChI is InChI=1S/C12H11N3O3S/c13-10-7-14-6-5-12(10)19(18)8-9-3-1-2-4-11(9)15(16)17/h1-7H,8,13H2. The highest BCUT2D eigenvalue weighted by Gasteiger charge is 2.16. The van der Waals surface area contributed by atoms with Gasteiger partial charge in [-0.1, -0.05) is 18.2 Å². The molecule has 1 aromatic heterocycles. The molecule has 1 heterocycles. The minimum absolute atomic E-state index is 0.0384. The number of hydrogen-bond acceptors (Lipinski definition) is 5. The number of pyridine rings is 1. The van der Waals surface area contributed by atoms with Crippen LogP contribution < -0.4 is 5.73 Å². The van der Waals surface area contributed by atoms with Gasteiger partial charge < -0.3 is 5.73 Å². The van der Waals surface area contributed by atoms with Gasteiger partial charge in [-0.3, -0.25) is 19.3 Å². The maximum absolute atomic E-state index is 12.2. The average Bonchev–Trinajstić information content (AvgIpc) is 2.39. The summed E-state index contributed by atoms with van der Waals surface area (Å²) < 4.78 is 12.2. The summed E-state index contributed by atoms with van der Waals surface area (Å²) in [6.07, 6.45) is 2.90. The second kappa shape index (κ2) is 5.57. The first-order chi connectivity index (χ1) is 9.09. The van der Waals surface area contributed by atoms with Crippen LogP contribution in [0.1, 0.15) is 5.56 Å². The van der Waals surface area contributed by atoms with Crippen LogP contribution in [0, 0.1) is 10.1 Å². The van der Waals surface area contributed by atoms with E-state index >= 15 is 0 Å². The minimum Gasteiger partial charge on any atom is -0.396 e. The Morgan fingerprint density at radius 2 is 2.05 bits per heavy atom. The molecular weight excluding hydrogens is 266 g/mol. The van der Waals surface area contributed by atoms with Gasteiger partial charge in [-0.05, 0) is 6.07 Å². The highest BCUT2D eigenvalue weighted by molar-refractivity contribution is 7.84. The highest BCUT2D eigenvalue weighted by atomic mass is 32.2. The Labute approximate surface area is 111 Å². The fourth-order valence-electron chi connectivity index (χ4n) is 1.63. The Balaban J connectivity index is 2.30. The van der Waals surface area contributed by atoms with Gasteiger partial charge in [-0.15, -0.1) is 0 Å². The maximum atomic E-state index is 12.2. The van der Waals surface area contributed by atoms with E-state index in [0.717, 1.165) is 0 Å². The Morgan fingerprint density at radius 1 is 1.32 bits per heavy atom. The van der Waals surface area contributed by atoms with Gasteiger partial charge in [0.05, 0.1) is 38.3 Å². The van der Waals surface area contributed by atoms with E-state index in [1.54, 1.807) is 24.3 Å². The van der Waals surface area contributed by atoms with Crippen LogP contribution in [0.2, 0.25) is 0 Å². The van der Waals surface area contributed by atoms with Crippen LogP contribution in [-0.4, -0.2) is 14.1 Å². The second-order valence-corrected chi connectivity index (χ2v) is 5.21. The molecule has 1 atom stereocenters. The van der Waals surface area contributed by atoms with Gasteiger partial charge in [0.2, 0.25) is 0 Å². The summed E-state index contributed by atoms with van der Waals surface area (Å²) in [5.74, 6) is 0.0470. The molecule has 0 spiro atoms. The SMILES string of the molecule is Nc1cnccc1S(=O)Cc1ccccc1[N+](=O)[O-]. The molecular formula is C12H11N3O3S. The fraction of sp³-hybridized carbons (Fsp3) is 0.0833. The third-order valence-electron chi connectivity index (χ3n) is 2.53. The molecule has 0 bridgehead atoms. The van der Waals surface area contributed by atoms with Crippen molar-refractivity contribution in [3.05, 3.63) is 58.4 Å². The summed E-state index contributed by atoms with van der Waals surface area (Å²) in [5, 5.41) is 10.9. The number of aromatic nitrogens is 1. The molecule has 0 aliphatic carbocycles. The first kappa shape index (κ1) is 13.2. The summed E-state index contributed by atoms with van der Waals surface area (Å²) in [5.41, 5.74) is 6.38. The predicted octanol–water partition coefficient (Wildman–Crippen LogP) is 1.88. The number of benzene rings is 1. The summed E-state index contributed by atoms with van der Waals surface area (Å²) >= 11 is 0. The molecule has 0 amide bonds. The lowest BCUT2D eigenvalue weighted by Gasteiger charge is -2.05. The van der Waals surface area contributed by atoms with Gasteiger partial charge in [0.1, 0.15) is 0 Å². The van der Waals surface area contributed by atoms with E-state index in [1.165, 1.54) is 18.5 Å². The van der Waals surface area contributed by atoms with Gasteiger partial charge in [0.25, 0.3) is 5.69 Å². The van der Waals surface area contributed by atoms with E-state index in [9.17, 15) is 14.3 Å². The number of para-hydroxylation sites is 1. The van der Waals surface area contributed by atoms with Crippen molar-refractivity contribution in [2.75, 3.05) is 5.73 Å². The van der Waals surface area contributed by atoms with Crippen molar-refractivity contribution in [1.29, 1.82) is 0 Å². The average molecular weight is 277 g/mol. The lowest BCUT2D eigenvalue weighted by atomic mass is 10.2.